The molecule has 0 saturated heterocycles. The first-order valence-corrected chi connectivity index (χ1v) is 7.46. The molecular weight excluding hydrogens is 300 g/mol. The predicted octanol–water partition coefficient (Wildman–Crippen LogP) is 4.11. The third-order valence-corrected chi connectivity index (χ3v) is 3.18. The number of carbonyl (C=O) groups excluding carboxylic acids is 1. The molecule has 4 nitrogen and oxygen atoms in total. The van der Waals surface area contributed by atoms with Gasteiger partial charge in [-0.15, -0.1) is 0 Å². The highest BCUT2D eigenvalue weighted by Crippen LogP contribution is 2.17. The summed E-state index contributed by atoms with van der Waals surface area (Å²) in [6, 6.07) is 16.5. The number of amides is 1. The average molecular weight is 318 g/mol. The van der Waals surface area contributed by atoms with E-state index in [4.69, 9.17) is 4.74 Å². The number of hydrogen-bond acceptors (Lipinski definition) is 3. The lowest BCUT2D eigenvalue weighted by atomic mass is 10.1. The molecule has 2 rings (SSSR count). The summed E-state index contributed by atoms with van der Waals surface area (Å²) in [7, 11) is 0. The Hall–Kier alpha value is -3.32. The molecule has 0 saturated carbocycles. The average Bonchev–Trinajstić information content (AvgIpc) is 2.58. The van der Waals surface area contributed by atoms with Gasteiger partial charge in [-0.05, 0) is 48.4 Å². The summed E-state index contributed by atoms with van der Waals surface area (Å²) >= 11 is 0. The first-order valence-electron chi connectivity index (χ1n) is 7.46. The van der Waals surface area contributed by atoms with E-state index >= 15 is 0 Å². The van der Waals surface area contributed by atoms with E-state index < -0.39 is 5.91 Å². The Morgan fingerprint density at radius 2 is 2.08 bits per heavy atom. The van der Waals surface area contributed by atoms with E-state index in [1.165, 1.54) is 6.08 Å². The van der Waals surface area contributed by atoms with E-state index in [9.17, 15) is 10.1 Å². The normalized spacial score (nSPS) is 10.6. The van der Waals surface area contributed by atoms with Gasteiger partial charge in [-0.3, -0.25) is 4.79 Å². The van der Waals surface area contributed by atoms with Crippen molar-refractivity contribution in [3.8, 4) is 11.8 Å². The summed E-state index contributed by atoms with van der Waals surface area (Å²) in [5.41, 5.74) is 2.43. The van der Waals surface area contributed by atoms with Crippen molar-refractivity contribution in [1.82, 2.24) is 0 Å². The van der Waals surface area contributed by atoms with Crippen LogP contribution in [0.1, 0.15) is 11.1 Å². The molecule has 120 valence electrons. The Labute approximate surface area is 141 Å². The molecule has 0 heterocycles. The third-order valence-electron chi connectivity index (χ3n) is 3.18. The Kier molecular flexibility index (Phi) is 5.93. The van der Waals surface area contributed by atoms with Gasteiger partial charge in [-0.2, -0.15) is 5.26 Å². The molecule has 0 aromatic heterocycles. The van der Waals surface area contributed by atoms with Crippen LogP contribution in [-0.4, -0.2) is 12.5 Å². The van der Waals surface area contributed by atoms with Gasteiger partial charge in [0.1, 0.15) is 24.0 Å². The second kappa shape index (κ2) is 8.35. The maximum atomic E-state index is 12.3. The van der Waals surface area contributed by atoms with Gasteiger partial charge < -0.3 is 10.1 Å². The Morgan fingerprint density at radius 1 is 1.29 bits per heavy atom. The minimum atomic E-state index is -0.444. The van der Waals surface area contributed by atoms with Crippen LogP contribution in [0.2, 0.25) is 0 Å². The van der Waals surface area contributed by atoms with Gasteiger partial charge in [0.2, 0.25) is 0 Å². The monoisotopic (exact) mass is 318 g/mol. The second-order valence-electron chi connectivity index (χ2n) is 5.17. The fourth-order valence-corrected chi connectivity index (χ4v) is 2.09. The maximum Gasteiger partial charge on any atom is 0.266 e. The lowest BCUT2D eigenvalue weighted by Gasteiger charge is -2.06. The number of carbonyl (C=O) groups is 1. The molecule has 1 amide bonds. The smallest absolute Gasteiger partial charge is 0.266 e. The van der Waals surface area contributed by atoms with Crippen LogP contribution in [0.3, 0.4) is 0 Å². The van der Waals surface area contributed by atoms with Crippen molar-refractivity contribution in [2.75, 3.05) is 11.9 Å². The second-order valence-corrected chi connectivity index (χ2v) is 5.17. The van der Waals surface area contributed by atoms with Crippen molar-refractivity contribution in [3.63, 3.8) is 0 Å². The van der Waals surface area contributed by atoms with Gasteiger partial charge in [0, 0.05) is 5.69 Å². The molecule has 0 unspecified atom stereocenters. The van der Waals surface area contributed by atoms with Gasteiger partial charge >= 0.3 is 0 Å². The SMILES string of the molecule is C=CCOc1cccc(/C=C(/C#N)C(=O)Nc2cccc(C)c2)c1. The zero-order valence-corrected chi connectivity index (χ0v) is 13.5. The molecule has 1 N–H and O–H groups in total. The number of anilines is 1. The molecule has 0 spiro atoms. The molecule has 0 atom stereocenters. The fraction of sp³-hybridized carbons (Fsp3) is 0.100. The van der Waals surface area contributed by atoms with Crippen molar-refractivity contribution in [2.45, 2.75) is 6.92 Å². The lowest BCUT2D eigenvalue weighted by molar-refractivity contribution is -0.112. The molecule has 2 aromatic rings. The topological polar surface area (TPSA) is 62.1 Å². The molecule has 0 aliphatic carbocycles. The van der Waals surface area contributed by atoms with E-state index in [-0.39, 0.29) is 5.57 Å². The highest BCUT2D eigenvalue weighted by atomic mass is 16.5. The minimum Gasteiger partial charge on any atom is -0.490 e. The van der Waals surface area contributed by atoms with Crippen LogP contribution in [0.15, 0.2) is 66.8 Å². The number of benzene rings is 2. The molecular formula is C20H18N2O2. The lowest BCUT2D eigenvalue weighted by Crippen LogP contribution is -2.13. The number of hydrogen-bond donors (Lipinski definition) is 1. The van der Waals surface area contributed by atoms with Crippen molar-refractivity contribution >= 4 is 17.7 Å². The highest BCUT2D eigenvalue weighted by Gasteiger charge is 2.09. The highest BCUT2D eigenvalue weighted by molar-refractivity contribution is 6.09. The standard InChI is InChI=1S/C20H18N2O2/c1-3-10-24-19-9-5-7-16(13-19)12-17(14-21)20(23)22-18-8-4-6-15(2)11-18/h3-9,11-13H,1,10H2,2H3,(H,22,23)/b17-12-. The molecule has 0 bridgehead atoms. The van der Waals surface area contributed by atoms with Crippen LogP contribution in [0.5, 0.6) is 5.75 Å². The molecule has 2 aromatic carbocycles. The first-order chi connectivity index (χ1) is 11.6. The van der Waals surface area contributed by atoms with Gasteiger partial charge in [0.25, 0.3) is 5.91 Å². The maximum absolute atomic E-state index is 12.3. The van der Waals surface area contributed by atoms with Crippen LogP contribution >= 0.6 is 0 Å². The summed E-state index contributed by atoms with van der Waals surface area (Å²) in [4.78, 5) is 12.3. The van der Waals surface area contributed by atoms with Gasteiger partial charge in [-0.25, -0.2) is 0 Å². The largest absolute Gasteiger partial charge is 0.490 e. The number of rotatable bonds is 6. The van der Waals surface area contributed by atoms with Crippen molar-refractivity contribution < 1.29 is 9.53 Å². The van der Waals surface area contributed by atoms with Crippen LogP contribution in [0.25, 0.3) is 6.08 Å². The summed E-state index contributed by atoms with van der Waals surface area (Å²) in [6.45, 7) is 5.93. The predicted molar refractivity (Wildman–Crippen MR) is 95.5 cm³/mol. The Bertz CT molecular complexity index is 816. The van der Waals surface area contributed by atoms with Gasteiger partial charge in [0.05, 0.1) is 0 Å². The molecule has 0 aliphatic heterocycles. The summed E-state index contributed by atoms with van der Waals surface area (Å²) in [5, 5.41) is 12.0. The van der Waals surface area contributed by atoms with E-state index in [0.717, 1.165) is 5.56 Å². The Balaban J connectivity index is 2.18. The van der Waals surface area contributed by atoms with Gasteiger partial charge in [0.15, 0.2) is 0 Å². The Morgan fingerprint density at radius 3 is 2.79 bits per heavy atom. The fourth-order valence-electron chi connectivity index (χ4n) is 2.09. The number of nitrogens with zero attached hydrogens (tertiary/aromatic N) is 1. The first kappa shape index (κ1) is 17.0. The summed E-state index contributed by atoms with van der Waals surface area (Å²) in [6.07, 6.45) is 3.18. The number of aryl methyl sites for hydroxylation is 1. The van der Waals surface area contributed by atoms with Crippen LogP contribution in [0, 0.1) is 18.3 Å². The van der Waals surface area contributed by atoms with E-state index in [2.05, 4.69) is 11.9 Å². The number of nitrogens with one attached hydrogen (secondary N) is 1. The van der Waals surface area contributed by atoms with Crippen molar-refractivity contribution in [1.29, 1.82) is 5.26 Å². The number of ether oxygens (including phenoxy) is 1. The molecule has 24 heavy (non-hydrogen) atoms. The summed E-state index contributed by atoms with van der Waals surface area (Å²) in [5.74, 6) is 0.209. The van der Waals surface area contributed by atoms with Crippen molar-refractivity contribution in [2.24, 2.45) is 0 Å². The molecule has 0 fully saturated rings. The van der Waals surface area contributed by atoms with E-state index in [1.54, 1.807) is 36.4 Å². The van der Waals surface area contributed by atoms with E-state index in [1.807, 2.05) is 31.2 Å². The quantitative estimate of drug-likeness (QED) is 0.495. The molecule has 4 heteroatoms. The minimum absolute atomic E-state index is 0.0253. The van der Waals surface area contributed by atoms with Gasteiger partial charge in [-0.1, -0.05) is 36.9 Å². The van der Waals surface area contributed by atoms with Crippen molar-refractivity contribution in [3.05, 3.63) is 77.9 Å². The zero-order valence-electron chi connectivity index (χ0n) is 13.5. The summed E-state index contributed by atoms with van der Waals surface area (Å²) < 4.78 is 5.45. The van der Waals surface area contributed by atoms with Crippen LogP contribution < -0.4 is 10.1 Å². The third kappa shape index (κ3) is 4.85. The van der Waals surface area contributed by atoms with Crippen LogP contribution in [-0.2, 0) is 4.79 Å². The van der Waals surface area contributed by atoms with Crippen LogP contribution in [0.4, 0.5) is 5.69 Å². The van der Waals surface area contributed by atoms with E-state index in [0.29, 0.717) is 23.6 Å². The zero-order chi connectivity index (χ0) is 17.4. The number of nitriles is 1. The molecule has 0 aliphatic rings. The molecule has 0 radical (unpaired) electrons.